The number of nitrogen functional groups attached to an aromatic ring is 1. The molecule has 128 valence electrons. The Morgan fingerprint density at radius 3 is 2.48 bits per heavy atom. The third kappa shape index (κ3) is 4.13. The molecule has 3 rings (SSSR count). The highest BCUT2D eigenvalue weighted by Crippen LogP contribution is 2.30. The molecule has 0 aliphatic carbocycles. The maximum Gasteiger partial charge on any atom is 0.159 e. The number of nitrogens with one attached hydrogen (secondary N) is 2. The Labute approximate surface area is 156 Å². The van der Waals surface area contributed by atoms with Crippen molar-refractivity contribution in [2.45, 2.75) is 13.5 Å². The predicted octanol–water partition coefficient (Wildman–Crippen LogP) is 5.03. The van der Waals surface area contributed by atoms with Crippen molar-refractivity contribution in [1.82, 2.24) is 9.97 Å². The standard InChI is InChI=1S/C18H17Cl2N5/c1-11-14(20)3-2-4-15(11)25-18-16(21)17(23-10-24-18)22-9-12-5-7-13(19)8-6-12/h2-8,10H,9,21H2,1H3,(H2,22,23,24,25). The first-order valence-corrected chi connectivity index (χ1v) is 8.41. The van der Waals surface area contributed by atoms with Crippen LogP contribution in [0.25, 0.3) is 0 Å². The summed E-state index contributed by atoms with van der Waals surface area (Å²) in [4.78, 5) is 8.44. The van der Waals surface area contributed by atoms with E-state index in [-0.39, 0.29) is 0 Å². The van der Waals surface area contributed by atoms with Crippen LogP contribution < -0.4 is 16.4 Å². The van der Waals surface area contributed by atoms with E-state index in [4.69, 9.17) is 28.9 Å². The summed E-state index contributed by atoms with van der Waals surface area (Å²) in [6, 6.07) is 13.2. The van der Waals surface area contributed by atoms with Gasteiger partial charge in [0.1, 0.15) is 12.0 Å². The molecule has 0 aliphatic rings. The Kier molecular flexibility index (Phi) is 5.26. The second kappa shape index (κ2) is 7.59. The van der Waals surface area contributed by atoms with Crippen LogP contribution in [0.15, 0.2) is 48.8 Å². The zero-order valence-electron chi connectivity index (χ0n) is 13.6. The molecule has 0 radical (unpaired) electrons. The van der Waals surface area contributed by atoms with Crippen LogP contribution in [0.5, 0.6) is 0 Å². The molecule has 0 unspecified atom stereocenters. The zero-order valence-corrected chi connectivity index (χ0v) is 15.1. The van der Waals surface area contributed by atoms with Gasteiger partial charge in [0.05, 0.1) is 0 Å². The van der Waals surface area contributed by atoms with Gasteiger partial charge in [-0.05, 0) is 42.3 Å². The van der Waals surface area contributed by atoms with Gasteiger partial charge < -0.3 is 16.4 Å². The summed E-state index contributed by atoms with van der Waals surface area (Å²) in [5, 5.41) is 7.81. The molecule has 1 heterocycles. The lowest BCUT2D eigenvalue weighted by atomic mass is 10.2. The highest BCUT2D eigenvalue weighted by Gasteiger charge is 2.10. The van der Waals surface area contributed by atoms with Gasteiger partial charge in [0.25, 0.3) is 0 Å². The van der Waals surface area contributed by atoms with Crippen molar-refractivity contribution >= 4 is 46.2 Å². The van der Waals surface area contributed by atoms with Gasteiger partial charge in [-0.1, -0.05) is 41.4 Å². The number of anilines is 4. The van der Waals surface area contributed by atoms with Gasteiger partial charge in [-0.2, -0.15) is 0 Å². The normalized spacial score (nSPS) is 10.5. The summed E-state index contributed by atoms with van der Waals surface area (Å²) in [5.41, 5.74) is 9.49. The van der Waals surface area contributed by atoms with Crippen LogP contribution in [0.2, 0.25) is 10.0 Å². The Hall–Kier alpha value is -2.50. The highest BCUT2D eigenvalue weighted by atomic mass is 35.5. The molecule has 4 N–H and O–H groups in total. The molecule has 0 spiro atoms. The number of rotatable bonds is 5. The Morgan fingerprint density at radius 1 is 1.00 bits per heavy atom. The second-order valence-corrected chi connectivity index (χ2v) is 6.35. The van der Waals surface area contributed by atoms with E-state index >= 15 is 0 Å². The number of hydrogen-bond donors (Lipinski definition) is 3. The molecule has 0 aliphatic heterocycles. The van der Waals surface area contributed by atoms with Gasteiger partial charge in [-0.25, -0.2) is 9.97 Å². The quantitative estimate of drug-likeness (QED) is 0.584. The molecule has 0 bridgehead atoms. The molecule has 5 nitrogen and oxygen atoms in total. The minimum Gasteiger partial charge on any atom is -0.393 e. The second-order valence-electron chi connectivity index (χ2n) is 5.50. The molecule has 0 fully saturated rings. The van der Waals surface area contributed by atoms with Gasteiger partial charge in [-0.15, -0.1) is 0 Å². The van der Waals surface area contributed by atoms with E-state index in [1.165, 1.54) is 6.33 Å². The zero-order chi connectivity index (χ0) is 17.8. The Morgan fingerprint density at radius 2 is 1.72 bits per heavy atom. The van der Waals surface area contributed by atoms with Gasteiger partial charge in [0.15, 0.2) is 11.6 Å². The van der Waals surface area contributed by atoms with E-state index < -0.39 is 0 Å². The minimum atomic E-state index is 0.441. The van der Waals surface area contributed by atoms with Crippen molar-refractivity contribution in [2.24, 2.45) is 0 Å². The summed E-state index contributed by atoms with van der Waals surface area (Å²) >= 11 is 12.1. The molecule has 0 saturated heterocycles. The number of hydrogen-bond acceptors (Lipinski definition) is 5. The summed E-state index contributed by atoms with van der Waals surface area (Å²) in [7, 11) is 0. The fourth-order valence-electron chi connectivity index (χ4n) is 2.29. The first kappa shape index (κ1) is 17.3. The number of nitrogens with two attached hydrogens (primary N) is 1. The first-order chi connectivity index (χ1) is 12.0. The van der Waals surface area contributed by atoms with Gasteiger partial charge in [-0.3, -0.25) is 0 Å². The average molecular weight is 374 g/mol. The van der Waals surface area contributed by atoms with E-state index in [1.807, 2.05) is 49.4 Å². The average Bonchev–Trinajstić information content (AvgIpc) is 2.61. The lowest BCUT2D eigenvalue weighted by molar-refractivity contribution is 1.09. The maximum atomic E-state index is 6.20. The molecular weight excluding hydrogens is 357 g/mol. The third-order valence-electron chi connectivity index (χ3n) is 3.78. The minimum absolute atomic E-state index is 0.441. The molecule has 7 heteroatoms. The maximum absolute atomic E-state index is 6.20. The van der Waals surface area contributed by atoms with Crippen molar-refractivity contribution in [3.05, 3.63) is 70.0 Å². The van der Waals surface area contributed by atoms with Crippen LogP contribution >= 0.6 is 23.2 Å². The van der Waals surface area contributed by atoms with E-state index in [0.717, 1.165) is 16.8 Å². The smallest absolute Gasteiger partial charge is 0.159 e. The van der Waals surface area contributed by atoms with Crippen LogP contribution in [0.3, 0.4) is 0 Å². The fourth-order valence-corrected chi connectivity index (χ4v) is 2.60. The van der Waals surface area contributed by atoms with Gasteiger partial charge >= 0.3 is 0 Å². The summed E-state index contributed by atoms with van der Waals surface area (Å²) in [5.74, 6) is 1.09. The number of halogens is 2. The van der Waals surface area contributed by atoms with Crippen molar-refractivity contribution in [1.29, 1.82) is 0 Å². The van der Waals surface area contributed by atoms with Crippen molar-refractivity contribution in [2.75, 3.05) is 16.4 Å². The largest absolute Gasteiger partial charge is 0.393 e. The van der Waals surface area contributed by atoms with Crippen molar-refractivity contribution < 1.29 is 0 Å². The molecular formula is C18H17Cl2N5. The molecule has 1 aromatic heterocycles. The van der Waals surface area contributed by atoms with E-state index in [0.29, 0.717) is 33.9 Å². The van der Waals surface area contributed by atoms with E-state index in [2.05, 4.69) is 20.6 Å². The highest BCUT2D eigenvalue weighted by molar-refractivity contribution is 6.31. The molecule has 0 saturated carbocycles. The Balaban J connectivity index is 1.77. The molecule has 2 aromatic carbocycles. The SMILES string of the molecule is Cc1c(Cl)cccc1Nc1ncnc(NCc2ccc(Cl)cc2)c1N. The fraction of sp³-hybridized carbons (Fsp3) is 0.111. The molecule has 3 aromatic rings. The van der Waals surface area contributed by atoms with Crippen LogP contribution in [0.1, 0.15) is 11.1 Å². The molecule has 25 heavy (non-hydrogen) atoms. The molecule has 0 amide bonds. The Bertz CT molecular complexity index is 881. The van der Waals surface area contributed by atoms with Gasteiger partial charge in [0, 0.05) is 22.3 Å². The van der Waals surface area contributed by atoms with Gasteiger partial charge in [0.2, 0.25) is 0 Å². The first-order valence-electron chi connectivity index (χ1n) is 7.65. The number of nitrogens with zero attached hydrogens (tertiary/aromatic N) is 2. The van der Waals surface area contributed by atoms with Crippen LogP contribution in [0.4, 0.5) is 23.0 Å². The lowest BCUT2D eigenvalue weighted by Gasteiger charge is -2.14. The topological polar surface area (TPSA) is 75.9 Å². The van der Waals surface area contributed by atoms with Crippen LogP contribution in [-0.2, 0) is 6.54 Å². The summed E-state index contributed by atoms with van der Waals surface area (Å²) in [6.45, 7) is 2.51. The summed E-state index contributed by atoms with van der Waals surface area (Å²) < 4.78 is 0. The monoisotopic (exact) mass is 373 g/mol. The predicted molar refractivity (Wildman–Crippen MR) is 105 cm³/mol. The number of benzene rings is 2. The summed E-state index contributed by atoms with van der Waals surface area (Å²) in [6.07, 6.45) is 1.46. The van der Waals surface area contributed by atoms with E-state index in [9.17, 15) is 0 Å². The van der Waals surface area contributed by atoms with Crippen molar-refractivity contribution in [3.63, 3.8) is 0 Å². The lowest BCUT2D eigenvalue weighted by Crippen LogP contribution is -2.08. The van der Waals surface area contributed by atoms with Crippen molar-refractivity contribution in [3.8, 4) is 0 Å². The van der Waals surface area contributed by atoms with Crippen LogP contribution in [0, 0.1) is 6.92 Å². The van der Waals surface area contributed by atoms with E-state index in [1.54, 1.807) is 0 Å². The third-order valence-corrected chi connectivity index (χ3v) is 4.44. The number of aromatic nitrogens is 2. The molecule has 0 atom stereocenters. The van der Waals surface area contributed by atoms with Crippen LogP contribution in [-0.4, -0.2) is 9.97 Å².